The number of carbonyl (C=O) groups is 2. The number of rotatable bonds is 8. The van der Waals surface area contributed by atoms with Crippen molar-refractivity contribution in [2.75, 3.05) is 24.3 Å². The molecule has 2 aromatic carbocycles. The van der Waals surface area contributed by atoms with Crippen LogP contribution in [0.4, 0.5) is 11.4 Å². The average Bonchev–Trinajstić information content (AvgIpc) is 3.32. The molecule has 0 saturated heterocycles. The van der Waals surface area contributed by atoms with Crippen molar-refractivity contribution in [3.63, 3.8) is 0 Å². The van der Waals surface area contributed by atoms with E-state index in [1.165, 1.54) is 6.26 Å². The Kier molecular flexibility index (Phi) is 7.36. The first-order chi connectivity index (χ1) is 15.3. The van der Waals surface area contributed by atoms with Gasteiger partial charge in [-0.05, 0) is 48.4 Å². The lowest BCUT2D eigenvalue weighted by molar-refractivity contribution is -0.137. The van der Waals surface area contributed by atoms with Gasteiger partial charge in [0.1, 0.15) is 0 Å². The Hall–Kier alpha value is -3.54. The van der Waals surface area contributed by atoms with Gasteiger partial charge in [-0.1, -0.05) is 44.2 Å². The molecule has 0 fully saturated rings. The molecule has 2 amide bonds. The molecule has 0 bridgehead atoms. The van der Waals surface area contributed by atoms with Crippen LogP contribution < -0.4 is 10.2 Å². The standard InChI is InChI=1S/C26H31N3O3/c1-18(2)26(31)29(19(3)20-10-7-6-8-11-20)17-21-16-22(13-14-23(21)28(4)5)27-25(30)24-12-9-15-32-24/h6-16,18-19H,17H2,1-5H3,(H,27,30)/t19-/m1/s1. The Bertz CT molecular complexity index is 1040. The van der Waals surface area contributed by atoms with Crippen LogP contribution in [0.25, 0.3) is 0 Å². The third kappa shape index (κ3) is 5.38. The largest absolute Gasteiger partial charge is 0.459 e. The molecule has 0 saturated carbocycles. The molecule has 1 atom stereocenters. The topological polar surface area (TPSA) is 65.8 Å². The Labute approximate surface area is 189 Å². The number of benzene rings is 2. The Morgan fingerprint density at radius 1 is 0.969 bits per heavy atom. The van der Waals surface area contributed by atoms with Crippen LogP contribution in [0.5, 0.6) is 0 Å². The van der Waals surface area contributed by atoms with Crippen LogP contribution in [0.3, 0.4) is 0 Å². The van der Waals surface area contributed by atoms with Crippen LogP contribution in [0.1, 0.15) is 48.5 Å². The molecular weight excluding hydrogens is 402 g/mol. The van der Waals surface area contributed by atoms with Crippen molar-refractivity contribution in [3.05, 3.63) is 83.8 Å². The predicted molar refractivity (Wildman–Crippen MR) is 128 cm³/mol. The van der Waals surface area contributed by atoms with E-state index < -0.39 is 0 Å². The lowest BCUT2D eigenvalue weighted by Gasteiger charge is -2.33. The van der Waals surface area contributed by atoms with Gasteiger partial charge in [0.15, 0.2) is 5.76 Å². The zero-order chi connectivity index (χ0) is 23.3. The van der Waals surface area contributed by atoms with E-state index in [2.05, 4.69) is 5.32 Å². The third-order valence-corrected chi connectivity index (χ3v) is 5.43. The Morgan fingerprint density at radius 2 is 1.69 bits per heavy atom. The molecule has 1 heterocycles. The Balaban J connectivity index is 1.94. The molecule has 3 aromatic rings. The lowest BCUT2D eigenvalue weighted by Crippen LogP contribution is -2.36. The highest BCUT2D eigenvalue weighted by Gasteiger charge is 2.25. The van der Waals surface area contributed by atoms with Gasteiger partial charge in [0.05, 0.1) is 12.3 Å². The summed E-state index contributed by atoms with van der Waals surface area (Å²) >= 11 is 0. The van der Waals surface area contributed by atoms with Crippen molar-refractivity contribution < 1.29 is 14.0 Å². The van der Waals surface area contributed by atoms with Crippen LogP contribution in [0, 0.1) is 5.92 Å². The van der Waals surface area contributed by atoms with Crippen molar-refractivity contribution in [2.24, 2.45) is 5.92 Å². The normalized spacial score (nSPS) is 11.8. The van der Waals surface area contributed by atoms with Gasteiger partial charge in [-0.3, -0.25) is 9.59 Å². The van der Waals surface area contributed by atoms with Gasteiger partial charge < -0.3 is 19.5 Å². The minimum Gasteiger partial charge on any atom is -0.459 e. The predicted octanol–water partition coefficient (Wildman–Crippen LogP) is 5.34. The van der Waals surface area contributed by atoms with Crippen molar-refractivity contribution in [1.29, 1.82) is 0 Å². The lowest BCUT2D eigenvalue weighted by atomic mass is 10.0. The summed E-state index contributed by atoms with van der Waals surface area (Å²) in [5.41, 5.74) is 3.67. The minimum atomic E-state index is -0.314. The molecule has 32 heavy (non-hydrogen) atoms. The summed E-state index contributed by atoms with van der Waals surface area (Å²) in [5.74, 6) is -0.120. The summed E-state index contributed by atoms with van der Waals surface area (Å²) < 4.78 is 5.19. The van der Waals surface area contributed by atoms with Gasteiger partial charge in [-0.25, -0.2) is 0 Å². The van der Waals surface area contributed by atoms with E-state index >= 15 is 0 Å². The number of amides is 2. The summed E-state index contributed by atoms with van der Waals surface area (Å²) in [6.07, 6.45) is 1.47. The van der Waals surface area contributed by atoms with Crippen molar-refractivity contribution in [1.82, 2.24) is 4.90 Å². The first-order valence-electron chi connectivity index (χ1n) is 10.8. The highest BCUT2D eigenvalue weighted by molar-refractivity contribution is 6.02. The monoisotopic (exact) mass is 433 g/mol. The second-order valence-corrected chi connectivity index (χ2v) is 8.38. The fourth-order valence-corrected chi connectivity index (χ4v) is 3.66. The molecule has 1 aromatic heterocycles. The van der Waals surface area contributed by atoms with Gasteiger partial charge in [-0.15, -0.1) is 0 Å². The molecule has 0 aliphatic carbocycles. The molecule has 6 heteroatoms. The second-order valence-electron chi connectivity index (χ2n) is 8.38. The molecule has 168 valence electrons. The van der Waals surface area contributed by atoms with Crippen LogP contribution in [0.2, 0.25) is 0 Å². The number of furan rings is 1. The van der Waals surface area contributed by atoms with E-state index in [9.17, 15) is 9.59 Å². The SMILES string of the molecule is CC(C)C(=O)N(Cc1cc(NC(=O)c2ccco2)ccc1N(C)C)[C@H](C)c1ccccc1. The summed E-state index contributed by atoms with van der Waals surface area (Å²) in [4.78, 5) is 29.5. The molecule has 0 radical (unpaired) electrons. The molecule has 6 nitrogen and oxygen atoms in total. The van der Waals surface area contributed by atoms with E-state index in [-0.39, 0.29) is 29.5 Å². The molecule has 3 rings (SSSR count). The molecule has 0 unspecified atom stereocenters. The van der Waals surface area contributed by atoms with E-state index in [0.29, 0.717) is 12.2 Å². The van der Waals surface area contributed by atoms with E-state index in [1.807, 2.05) is 93.2 Å². The van der Waals surface area contributed by atoms with E-state index in [1.54, 1.807) is 12.1 Å². The van der Waals surface area contributed by atoms with Gasteiger partial charge in [0.25, 0.3) is 5.91 Å². The second kappa shape index (κ2) is 10.2. The maximum Gasteiger partial charge on any atom is 0.291 e. The number of nitrogens with zero attached hydrogens (tertiary/aromatic N) is 2. The quantitative estimate of drug-likeness (QED) is 0.520. The molecule has 1 N–H and O–H groups in total. The van der Waals surface area contributed by atoms with Gasteiger partial charge in [0, 0.05) is 37.9 Å². The molecule has 0 aliphatic rings. The Morgan fingerprint density at radius 3 is 2.28 bits per heavy atom. The minimum absolute atomic E-state index is 0.0797. The smallest absolute Gasteiger partial charge is 0.291 e. The molecular formula is C26H31N3O3. The number of nitrogens with one attached hydrogen (secondary N) is 1. The highest BCUT2D eigenvalue weighted by atomic mass is 16.3. The zero-order valence-electron chi connectivity index (χ0n) is 19.3. The summed E-state index contributed by atoms with van der Waals surface area (Å²) in [5, 5.41) is 2.88. The third-order valence-electron chi connectivity index (χ3n) is 5.43. The highest BCUT2D eigenvalue weighted by Crippen LogP contribution is 2.30. The summed E-state index contributed by atoms with van der Waals surface area (Å²) in [7, 11) is 3.93. The van der Waals surface area contributed by atoms with Gasteiger partial charge in [-0.2, -0.15) is 0 Å². The van der Waals surface area contributed by atoms with Crippen molar-refractivity contribution in [2.45, 2.75) is 33.4 Å². The van der Waals surface area contributed by atoms with Crippen molar-refractivity contribution in [3.8, 4) is 0 Å². The zero-order valence-corrected chi connectivity index (χ0v) is 19.3. The first-order valence-corrected chi connectivity index (χ1v) is 10.8. The van der Waals surface area contributed by atoms with E-state index in [0.717, 1.165) is 16.8 Å². The van der Waals surface area contributed by atoms with Crippen LogP contribution in [-0.2, 0) is 11.3 Å². The summed E-state index contributed by atoms with van der Waals surface area (Å²) in [6, 6.07) is 19.0. The van der Waals surface area contributed by atoms with Crippen LogP contribution in [0.15, 0.2) is 71.3 Å². The van der Waals surface area contributed by atoms with E-state index in [4.69, 9.17) is 4.42 Å². The van der Waals surface area contributed by atoms with Crippen LogP contribution in [-0.4, -0.2) is 30.8 Å². The molecule has 0 aliphatic heterocycles. The van der Waals surface area contributed by atoms with Crippen molar-refractivity contribution >= 4 is 23.2 Å². The number of hydrogen-bond donors (Lipinski definition) is 1. The average molecular weight is 434 g/mol. The number of hydrogen-bond acceptors (Lipinski definition) is 4. The number of carbonyl (C=O) groups excluding carboxylic acids is 2. The fourth-order valence-electron chi connectivity index (χ4n) is 3.66. The maximum atomic E-state index is 13.2. The van der Waals surface area contributed by atoms with Gasteiger partial charge >= 0.3 is 0 Å². The first kappa shape index (κ1) is 23.1. The van der Waals surface area contributed by atoms with Crippen LogP contribution >= 0.6 is 0 Å². The maximum absolute atomic E-state index is 13.2. The fraction of sp³-hybridized carbons (Fsp3) is 0.308. The van der Waals surface area contributed by atoms with Gasteiger partial charge in [0.2, 0.25) is 5.91 Å². The summed E-state index contributed by atoms with van der Waals surface area (Å²) in [6.45, 7) is 6.30. The molecule has 0 spiro atoms. The number of anilines is 2.